The Kier molecular flexibility index (Phi) is 10.7. The molecule has 4 aromatic carbocycles. The second kappa shape index (κ2) is 14.1. The Labute approximate surface area is 312 Å². The molecule has 4 atom stereocenters. The average Bonchev–Trinajstić information content (AvgIpc) is 3.71. The summed E-state index contributed by atoms with van der Waals surface area (Å²) < 4.78 is 0.193. The third-order valence-electron chi connectivity index (χ3n) is 12.5. The van der Waals surface area contributed by atoms with E-state index in [-0.39, 0.29) is 12.7 Å². The van der Waals surface area contributed by atoms with Gasteiger partial charge in [-0.25, -0.2) is 0 Å². The first-order valence-electron chi connectivity index (χ1n) is 19.1. The summed E-state index contributed by atoms with van der Waals surface area (Å²) in [5, 5.41) is 0. The van der Waals surface area contributed by atoms with Crippen LogP contribution in [0, 0.1) is 5.92 Å². The van der Waals surface area contributed by atoms with Crippen LogP contribution in [0.2, 0.25) is 13.1 Å². The maximum absolute atomic E-state index is 8.76. The molecule has 0 aliphatic heterocycles. The van der Waals surface area contributed by atoms with Crippen molar-refractivity contribution in [2.24, 2.45) is 5.92 Å². The van der Waals surface area contributed by atoms with Crippen LogP contribution in [0.1, 0.15) is 121 Å². The van der Waals surface area contributed by atoms with Gasteiger partial charge in [-0.05, 0) is 0 Å². The quantitative estimate of drug-likeness (QED) is 0.140. The van der Waals surface area contributed by atoms with Crippen LogP contribution >= 0.6 is 17.0 Å². The Morgan fingerprint density at radius 1 is 0.660 bits per heavy atom. The zero-order chi connectivity index (χ0) is 36.2. The van der Waals surface area contributed by atoms with Crippen LogP contribution in [0.25, 0.3) is 34.4 Å². The summed E-state index contributed by atoms with van der Waals surface area (Å²) in [6, 6.07) is 32.4. The fourth-order valence-corrected chi connectivity index (χ4v) is 40.4. The van der Waals surface area contributed by atoms with Crippen LogP contribution in [-0.4, -0.2) is 5.92 Å². The van der Waals surface area contributed by atoms with Gasteiger partial charge in [0.2, 0.25) is 0 Å². The molecule has 4 aromatic rings. The molecule has 2 aliphatic rings. The standard InChI is InChI=1S/C23H27.C21H23.C2H7Si.2ClH.Zr/c1-6-16(2)19-14-18-8-7-9-21(22(18)15-19)17-10-12-20(13-11-17)23(3,4)5;1-4-15(3)17-9-11-18(12-10-17)20-8-6-7-19-13-16(5-2)14-21(19)20;1-3-2;;;/h7-16H,6H2,1-5H3;6-15H,4-5H2,1-3H3;3H,1-2H3;2*1H;/q;;;;;+2/p-2. The number of rotatable bonds is 10. The van der Waals surface area contributed by atoms with Crippen molar-refractivity contribution in [3.05, 3.63) is 129 Å². The van der Waals surface area contributed by atoms with Gasteiger partial charge in [0.1, 0.15) is 0 Å². The van der Waals surface area contributed by atoms with Crippen LogP contribution in [0.3, 0.4) is 0 Å². The van der Waals surface area contributed by atoms with Crippen molar-refractivity contribution >= 4 is 35.1 Å². The van der Waals surface area contributed by atoms with Crippen LogP contribution in [-0.2, 0) is 21.0 Å². The van der Waals surface area contributed by atoms with E-state index in [1.807, 2.05) is 0 Å². The van der Waals surface area contributed by atoms with Gasteiger partial charge in [0.05, 0.1) is 0 Å². The van der Waals surface area contributed by atoms with E-state index in [1.165, 1.54) is 66.8 Å². The van der Waals surface area contributed by atoms with Crippen molar-refractivity contribution in [1.82, 2.24) is 0 Å². The molecule has 50 heavy (non-hydrogen) atoms. The van der Waals surface area contributed by atoms with Crippen molar-refractivity contribution in [3.63, 3.8) is 0 Å². The first-order chi connectivity index (χ1) is 23.6. The molecule has 0 saturated carbocycles. The molecule has 0 heterocycles. The van der Waals surface area contributed by atoms with E-state index in [1.54, 1.807) is 0 Å². The number of fused-ring (bicyclic) bond motifs is 2. The summed E-state index contributed by atoms with van der Waals surface area (Å²) in [5.41, 5.74) is 16.3. The molecule has 2 aliphatic carbocycles. The van der Waals surface area contributed by atoms with Crippen molar-refractivity contribution < 1.29 is 15.6 Å². The molecule has 0 bridgehead atoms. The molecule has 4 heteroatoms. The summed E-state index contributed by atoms with van der Waals surface area (Å²) in [4.78, 5) is 0. The van der Waals surface area contributed by atoms with E-state index >= 15 is 0 Å². The Bertz CT molecular complexity index is 1940. The van der Waals surface area contributed by atoms with Gasteiger partial charge in [-0.2, -0.15) is 0 Å². The summed E-state index contributed by atoms with van der Waals surface area (Å²) in [6.07, 6.45) is 8.18. The number of benzene rings is 4. The molecule has 0 fully saturated rings. The normalized spacial score (nSPS) is 19.3. The molecule has 0 spiro atoms. The summed E-state index contributed by atoms with van der Waals surface area (Å²) in [7, 11) is 17.5. The van der Waals surface area contributed by atoms with Gasteiger partial charge in [0.25, 0.3) is 0 Å². The molecule has 0 aromatic heterocycles. The molecule has 4 unspecified atom stereocenters. The van der Waals surface area contributed by atoms with Crippen molar-refractivity contribution in [2.75, 3.05) is 0 Å². The van der Waals surface area contributed by atoms with Gasteiger partial charge < -0.3 is 0 Å². The number of halogens is 2. The second-order valence-electron chi connectivity index (χ2n) is 16.6. The molecule has 0 amide bonds. The fraction of sp³-hybridized carbons (Fsp3) is 0.391. The molecule has 0 saturated heterocycles. The molecule has 263 valence electrons. The van der Waals surface area contributed by atoms with E-state index < -0.39 is 21.5 Å². The Balaban J connectivity index is 1.54. The molecular formula is C46H57Cl2SiZr. The summed E-state index contributed by atoms with van der Waals surface area (Å²) in [5.74, 6) is -0.695. The van der Waals surface area contributed by atoms with Crippen molar-refractivity contribution in [3.8, 4) is 22.3 Å². The number of allylic oxidation sites excluding steroid dienone is 2. The Morgan fingerprint density at radius 2 is 1.16 bits per heavy atom. The topological polar surface area (TPSA) is 0 Å². The van der Waals surface area contributed by atoms with Crippen LogP contribution < -0.4 is 0 Å². The first kappa shape index (κ1) is 37.8. The van der Waals surface area contributed by atoms with Crippen molar-refractivity contribution in [2.45, 2.75) is 106 Å². The number of hydrogen-bond donors (Lipinski definition) is 0. The van der Waals surface area contributed by atoms with E-state index in [0.717, 1.165) is 19.3 Å². The maximum atomic E-state index is 8.76. The van der Waals surface area contributed by atoms with Crippen LogP contribution in [0.5, 0.6) is 0 Å². The van der Waals surface area contributed by atoms with Crippen LogP contribution in [0.4, 0.5) is 0 Å². The molecule has 0 nitrogen and oxygen atoms in total. The van der Waals surface area contributed by atoms with Gasteiger partial charge in [0, 0.05) is 0 Å². The van der Waals surface area contributed by atoms with Crippen LogP contribution in [0.15, 0.2) is 96.1 Å². The predicted octanol–water partition coefficient (Wildman–Crippen LogP) is 14.8. The van der Waals surface area contributed by atoms with Gasteiger partial charge in [0.15, 0.2) is 0 Å². The van der Waals surface area contributed by atoms with Gasteiger partial charge >= 0.3 is 315 Å². The molecule has 6 rings (SSSR count). The fourth-order valence-electron chi connectivity index (χ4n) is 8.84. The van der Waals surface area contributed by atoms with E-state index in [9.17, 15) is 0 Å². The Morgan fingerprint density at radius 3 is 1.64 bits per heavy atom. The third kappa shape index (κ3) is 6.27. The minimum atomic E-state index is -4.87. The number of hydrogen-bond acceptors (Lipinski definition) is 0. The zero-order valence-electron chi connectivity index (χ0n) is 32.0. The minimum absolute atomic E-state index is 0.0922. The Hall–Kier alpha value is -1.96. The van der Waals surface area contributed by atoms with Gasteiger partial charge in [-0.15, -0.1) is 0 Å². The summed E-state index contributed by atoms with van der Waals surface area (Å²) >= 11 is -4.87. The average molecular weight is 800 g/mol. The molecule has 0 radical (unpaired) electrons. The SMILES string of the molecule is CCC1=Cc2c(-c3ccc(C(C)CC)cc3)cccc2[CH]1[Zr]([Cl])([Cl])([CH]1C(C(C)CC)=Cc2c(-c3ccc(C(C)(C)C)cc3)cccc21)[SiH](C)C. The van der Waals surface area contributed by atoms with Gasteiger partial charge in [-0.3, -0.25) is 0 Å². The monoisotopic (exact) mass is 797 g/mol. The molecular weight excluding hydrogens is 743 g/mol. The van der Waals surface area contributed by atoms with E-state index in [2.05, 4.69) is 166 Å². The third-order valence-corrected chi connectivity index (χ3v) is 64.3. The predicted molar refractivity (Wildman–Crippen MR) is 223 cm³/mol. The second-order valence-corrected chi connectivity index (χ2v) is 59.2. The molecule has 0 N–H and O–H groups in total. The van der Waals surface area contributed by atoms with E-state index in [0.29, 0.717) is 11.8 Å². The first-order valence-corrected chi connectivity index (χ1v) is 35.4. The van der Waals surface area contributed by atoms with Gasteiger partial charge in [-0.1, -0.05) is 0 Å². The zero-order valence-corrected chi connectivity index (χ0v) is 37.1. The van der Waals surface area contributed by atoms with E-state index in [4.69, 9.17) is 17.0 Å². The summed E-state index contributed by atoms with van der Waals surface area (Å²) in [6.45, 7) is 23.4. The van der Waals surface area contributed by atoms with Crippen molar-refractivity contribution in [1.29, 1.82) is 0 Å².